The maximum absolute atomic E-state index is 12.4. The number of methoxy groups -OCH3 is 1. The van der Waals surface area contributed by atoms with E-state index in [1.807, 2.05) is 0 Å². The molecule has 2 amide bonds. The van der Waals surface area contributed by atoms with Gasteiger partial charge in [-0.3, -0.25) is 9.59 Å². The molecule has 2 fully saturated rings. The summed E-state index contributed by atoms with van der Waals surface area (Å²) in [6, 6.07) is 6.62. The summed E-state index contributed by atoms with van der Waals surface area (Å²) in [5, 5.41) is 2.87. The molecule has 2 aliphatic heterocycles. The predicted molar refractivity (Wildman–Crippen MR) is 108 cm³/mol. The van der Waals surface area contributed by atoms with E-state index >= 15 is 0 Å². The molecular weight excluding hydrogens is 372 g/mol. The van der Waals surface area contributed by atoms with Gasteiger partial charge in [-0.05, 0) is 43.5 Å². The summed E-state index contributed by atoms with van der Waals surface area (Å²) in [6.07, 6.45) is 4.99. The van der Waals surface area contributed by atoms with Crippen LogP contribution in [-0.4, -0.2) is 63.2 Å². The highest BCUT2D eigenvalue weighted by atomic mass is 16.5. The van der Waals surface area contributed by atoms with Crippen molar-refractivity contribution in [2.75, 3.05) is 45.2 Å². The molecule has 2 heterocycles. The number of hydrogen-bond donors (Lipinski definition) is 4. The number of nitrogens with one attached hydrogen (secondary N) is 3. The summed E-state index contributed by atoms with van der Waals surface area (Å²) in [5.41, 5.74) is 6.46. The molecule has 8 heteroatoms. The molecule has 1 aromatic carbocycles. The van der Waals surface area contributed by atoms with Gasteiger partial charge >= 0.3 is 5.97 Å². The molecule has 0 saturated carbocycles. The lowest BCUT2D eigenvalue weighted by molar-refractivity contribution is -0.972. The number of anilines is 1. The number of benzene rings is 1. The van der Waals surface area contributed by atoms with Crippen molar-refractivity contribution in [1.82, 2.24) is 0 Å². The van der Waals surface area contributed by atoms with Crippen LogP contribution in [0.4, 0.5) is 5.69 Å². The molecule has 0 radical (unpaired) electrons. The minimum Gasteiger partial charge on any atom is -0.465 e. The van der Waals surface area contributed by atoms with Gasteiger partial charge in [-0.15, -0.1) is 0 Å². The standard InChI is InChI=1S/C21H30N4O4/c1-29-19(27)16-5-7-17(8-6-16)23-18(26)15-24-13-9-21(10-14-24,20(22)28)25-11-3-2-4-12-25/h5-8H,2-4,9-15H2,1H3,(H2,22,28)(H,23,26)/p+2. The van der Waals surface area contributed by atoms with Gasteiger partial charge in [0.25, 0.3) is 11.8 Å². The number of amides is 2. The smallest absolute Gasteiger partial charge is 0.337 e. The minimum absolute atomic E-state index is 0.0808. The number of ether oxygens (including phenoxy) is 1. The van der Waals surface area contributed by atoms with E-state index in [-0.39, 0.29) is 11.8 Å². The van der Waals surface area contributed by atoms with Crippen molar-refractivity contribution in [3.63, 3.8) is 0 Å². The Balaban J connectivity index is 1.52. The van der Waals surface area contributed by atoms with Crippen LogP contribution in [0.3, 0.4) is 0 Å². The van der Waals surface area contributed by atoms with Gasteiger partial charge in [-0.25, -0.2) is 4.79 Å². The lowest BCUT2D eigenvalue weighted by Gasteiger charge is -2.43. The fourth-order valence-corrected chi connectivity index (χ4v) is 4.68. The van der Waals surface area contributed by atoms with Crippen LogP contribution in [0.2, 0.25) is 0 Å². The topological polar surface area (TPSA) is 107 Å². The molecule has 5 N–H and O–H groups in total. The number of likely N-dealkylation sites (tertiary alicyclic amines) is 2. The molecule has 2 aliphatic rings. The zero-order valence-corrected chi connectivity index (χ0v) is 17.1. The largest absolute Gasteiger partial charge is 0.465 e. The Bertz CT molecular complexity index is 736. The summed E-state index contributed by atoms with van der Waals surface area (Å²) in [4.78, 5) is 38.7. The molecule has 0 aromatic heterocycles. The van der Waals surface area contributed by atoms with Gasteiger partial charge in [0.2, 0.25) is 0 Å². The number of esters is 1. The van der Waals surface area contributed by atoms with Crippen LogP contribution < -0.4 is 20.9 Å². The van der Waals surface area contributed by atoms with Crippen molar-refractivity contribution >= 4 is 23.5 Å². The minimum atomic E-state index is -0.468. The number of carbonyl (C=O) groups excluding carboxylic acids is 3. The second kappa shape index (κ2) is 9.37. The van der Waals surface area contributed by atoms with Crippen LogP contribution >= 0.6 is 0 Å². The van der Waals surface area contributed by atoms with Gasteiger partial charge in [-0.2, -0.15) is 0 Å². The molecule has 8 nitrogen and oxygen atoms in total. The normalized spacial score (nSPS) is 25.2. The second-order valence-corrected chi connectivity index (χ2v) is 8.15. The number of rotatable bonds is 6. The maximum atomic E-state index is 12.4. The Morgan fingerprint density at radius 3 is 2.21 bits per heavy atom. The van der Waals surface area contributed by atoms with Gasteiger partial charge in [-0.1, -0.05) is 0 Å². The number of quaternary nitrogens is 2. The molecule has 2 saturated heterocycles. The first kappa shape index (κ1) is 21.3. The molecule has 1 aromatic rings. The van der Waals surface area contributed by atoms with E-state index in [1.54, 1.807) is 24.3 Å². The van der Waals surface area contributed by atoms with Crippen molar-refractivity contribution < 1.29 is 28.9 Å². The van der Waals surface area contributed by atoms with Crippen LogP contribution in [0.15, 0.2) is 24.3 Å². The number of nitrogens with two attached hydrogens (primary N) is 1. The Morgan fingerprint density at radius 1 is 1.03 bits per heavy atom. The molecule has 0 spiro atoms. The molecule has 0 atom stereocenters. The van der Waals surface area contributed by atoms with E-state index in [0.717, 1.165) is 51.9 Å². The molecule has 0 unspecified atom stereocenters. The molecule has 29 heavy (non-hydrogen) atoms. The summed E-state index contributed by atoms with van der Waals surface area (Å²) < 4.78 is 4.67. The van der Waals surface area contributed by atoms with E-state index in [9.17, 15) is 14.4 Å². The van der Waals surface area contributed by atoms with Crippen molar-refractivity contribution in [2.45, 2.75) is 37.6 Å². The van der Waals surface area contributed by atoms with Crippen LogP contribution in [0.5, 0.6) is 0 Å². The summed E-state index contributed by atoms with van der Waals surface area (Å²) in [7, 11) is 1.33. The van der Waals surface area contributed by atoms with Crippen LogP contribution in [-0.2, 0) is 14.3 Å². The summed E-state index contributed by atoms with van der Waals surface area (Å²) >= 11 is 0. The zero-order chi connectivity index (χ0) is 20.9. The van der Waals surface area contributed by atoms with Crippen LogP contribution in [0.25, 0.3) is 0 Å². The third-order valence-corrected chi connectivity index (χ3v) is 6.42. The predicted octanol–water partition coefficient (Wildman–Crippen LogP) is -1.62. The monoisotopic (exact) mass is 404 g/mol. The highest BCUT2D eigenvalue weighted by Crippen LogP contribution is 2.15. The van der Waals surface area contributed by atoms with Gasteiger partial charge < -0.3 is 25.6 Å². The van der Waals surface area contributed by atoms with Gasteiger partial charge in [0.1, 0.15) is 0 Å². The highest BCUT2D eigenvalue weighted by molar-refractivity contribution is 5.93. The number of hydrogen-bond acceptors (Lipinski definition) is 4. The second-order valence-electron chi connectivity index (χ2n) is 8.15. The Morgan fingerprint density at radius 2 is 1.66 bits per heavy atom. The third-order valence-electron chi connectivity index (χ3n) is 6.42. The number of primary amides is 1. The number of piperidine rings is 2. The molecule has 0 bridgehead atoms. The van der Waals surface area contributed by atoms with Crippen molar-refractivity contribution in [1.29, 1.82) is 0 Å². The lowest BCUT2D eigenvalue weighted by Crippen LogP contribution is -3.26. The van der Waals surface area contributed by atoms with E-state index in [2.05, 4.69) is 10.1 Å². The quantitative estimate of drug-likeness (QED) is 0.428. The average Bonchev–Trinajstić information content (AvgIpc) is 2.74. The fraction of sp³-hybridized carbons (Fsp3) is 0.571. The Kier molecular flexibility index (Phi) is 6.87. The van der Waals surface area contributed by atoms with Gasteiger partial charge in [0, 0.05) is 5.69 Å². The van der Waals surface area contributed by atoms with E-state index in [0.29, 0.717) is 17.8 Å². The number of carbonyl (C=O) groups is 3. The highest BCUT2D eigenvalue weighted by Gasteiger charge is 2.50. The van der Waals surface area contributed by atoms with Gasteiger partial charge in [0.05, 0.1) is 51.7 Å². The molecule has 3 rings (SSSR count). The maximum Gasteiger partial charge on any atom is 0.337 e. The third kappa shape index (κ3) is 4.94. The van der Waals surface area contributed by atoms with E-state index in [1.165, 1.54) is 23.3 Å². The van der Waals surface area contributed by atoms with Crippen molar-refractivity contribution in [3.8, 4) is 0 Å². The van der Waals surface area contributed by atoms with Gasteiger partial charge in [0.15, 0.2) is 12.1 Å². The summed E-state index contributed by atoms with van der Waals surface area (Å²) in [6.45, 7) is 3.91. The van der Waals surface area contributed by atoms with E-state index in [4.69, 9.17) is 5.73 Å². The first-order valence-electron chi connectivity index (χ1n) is 10.4. The Hall–Kier alpha value is -2.45. The zero-order valence-electron chi connectivity index (χ0n) is 17.1. The SMILES string of the molecule is COC(=O)c1ccc(NC(=O)C[NH+]2CCC(C(N)=O)([NH+]3CCCCC3)CC2)cc1. The van der Waals surface area contributed by atoms with Crippen molar-refractivity contribution in [2.24, 2.45) is 5.73 Å². The lowest BCUT2D eigenvalue weighted by atomic mass is 9.83. The van der Waals surface area contributed by atoms with E-state index < -0.39 is 11.5 Å². The first-order valence-corrected chi connectivity index (χ1v) is 10.4. The van der Waals surface area contributed by atoms with Crippen molar-refractivity contribution in [3.05, 3.63) is 29.8 Å². The average molecular weight is 405 g/mol. The molecule has 158 valence electrons. The molecular formula is C21H32N4O4+2. The first-order chi connectivity index (χ1) is 13.9. The van der Waals surface area contributed by atoms with Crippen LogP contribution in [0.1, 0.15) is 42.5 Å². The van der Waals surface area contributed by atoms with Crippen LogP contribution in [0, 0.1) is 0 Å². The molecule has 0 aliphatic carbocycles. The fourth-order valence-electron chi connectivity index (χ4n) is 4.68. The Labute approximate surface area is 171 Å². The summed E-state index contributed by atoms with van der Waals surface area (Å²) in [5.74, 6) is -0.680.